The van der Waals surface area contributed by atoms with Crippen LogP contribution in [0.15, 0.2) is 24.3 Å². The fraction of sp³-hybridized carbons (Fsp3) is 0.760. The third-order valence-electron chi connectivity index (χ3n) is 6.60. The van der Waals surface area contributed by atoms with Crippen molar-refractivity contribution in [3.8, 4) is 0 Å². The van der Waals surface area contributed by atoms with Crippen LogP contribution in [0.2, 0.25) is 24.7 Å². The topological polar surface area (TPSA) is 12.5 Å². The van der Waals surface area contributed by atoms with Crippen molar-refractivity contribution in [3.05, 3.63) is 35.4 Å². The van der Waals surface area contributed by atoms with Crippen LogP contribution in [0.25, 0.3) is 0 Å². The maximum Gasteiger partial charge on any atom is 0.0593 e. The Kier molecular flexibility index (Phi) is 11.4. The highest BCUT2D eigenvalue weighted by molar-refractivity contribution is 6.78. The third-order valence-corrected chi connectivity index (χ3v) is 11.3. The van der Waals surface area contributed by atoms with Crippen molar-refractivity contribution >= 4 is 8.07 Å². The van der Waals surface area contributed by atoms with E-state index in [0.717, 1.165) is 26.3 Å². The summed E-state index contributed by atoms with van der Waals surface area (Å²) in [7, 11) is -1.05. The average Bonchev–Trinajstić information content (AvgIpc) is 2.71. The monoisotopic (exact) mass is 403 g/mol. The molecule has 1 aromatic rings. The molecule has 0 radical (unpaired) electrons. The minimum Gasteiger partial charge on any atom is -0.380 e. The molecule has 0 aliphatic carbocycles. The van der Waals surface area contributed by atoms with Crippen LogP contribution in [0.5, 0.6) is 0 Å². The largest absolute Gasteiger partial charge is 0.380 e. The zero-order valence-electron chi connectivity index (χ0n) is 19.0. The first-order valence-corrected chi connectivity index (χ1v) is 15.2. The predicted octanol–water partition coefficient (Wildman–Crippen LogP) is 6.91. The lowest BCUT2D eigenvalue weighted by Gasteiger charge is -2.29. The van der Waals surface area contributed by atoms with E-state index in [9.17, 15) is 0 Å². The highest BCUT2D eigenvalue weighted by Gasteiger charge is 2.25. The van der Waals surface area contributed by atoms with Crippen LogP contribution >= 0.6 is 0 Å². The molecule has 1 aliphatic heterocycles. The molecular formula is C25H45NOSi. The summed E-state index contributed by atoms with van der Waals surface area (Å²) in [6.07, 6.45) is 10.9. The summed E-state index contributed by atoms with van der Waals surface area (Å²) >= 11 is 0. The molecule has 0 amide bonds. The molecule has 2 nitrogen and oxygen atoms in total. The van der Waals surface area contributed by atoms with Gasteiger partial charge in [0.25, 0.3) is 0 Å². The van der Waals surface area contributed by atoms with Crippen molar-refractivity contribution in [3.63, 3.8) is 0 Å². The highest BCUT2D eigenvalue weighted by atomic mass is 28.3. The van der Waals surface area contributed by atoms with Gasteiger partial charge in [-0.15, -0.1) is 0 Å². The van der Waals surface area contributed by atoms with Gasteiger partial charge in [0.15, 0.2) is 0 Å². The van der Waals surface area contributed by atoms with E-state index in [-0.39, 0.29) is 0 Å². The van der Waals surface area contributed by atoms with Crippen molar-refractivity contribution < 1.29 is 4.74 Å². The lowest BCUT2D eigenvalue weighted by atomic mass is 10.0. The van der Waals surface area contributed by atoms with Crippen LogP contribution in [0.3, 0.4) is 0 Å². The van der Waals surface area contributed by atoms with E-state index < -0.39 is 8.07 Å². The van der Waals surface area contributed by atoms with Crippen molar-refractivity contribution in [2.45, 2.75) is 96.4 Å². The van der Waals surface area contributed by atoms with Crippen LogP contribution in [-0.4, -0.2) is 39.3 Å². The average molecular weight is 404 g/mol. The molecule has 160 valence electrons. The van der Waals surface area contributed by atoms with E-state index in [2.05, 4.69) is 49.6 Å². The Hall–Kier alpha value is -0.643. The summed E-state index contributed by atoms with van der Waals surface area (Å²) in [5.74, 6) is 0. The zero-order chi connectivity index (χ0) is 20.1. The van der Waals surface area contributed by atoms with Gasteiger partial charge < -0.3 is 4.74 Å². The summed E-state index contributed by atoms with van der Waals surface area (Å²) < 4.78 is 6.05. The molecule has 0 spiro atoms. The lowest BCUT2D eigenvalue weighted by molar-refractivity contribution is 0.0994. The highest BCUT2D eigenvalue weighted by Crippen LogP contribution is 2.28. The van der Waals surface area contributed by atoms with E-state index in [4.69, 9.17) is 4.74 Å². The van der Waals surface area contributed by atoms with Crippen LogP contribution < -0.4 is 0 Å². The fourth-order valence-corrected chi connectivity index (χ4v) is 8.58. The lowest BCUT2D eigenvalue weighted by Crippen LogP contribution is -2.33. The smallest absolute Gasteiger partial charge is 0.0593 e. The molecule has 2 rings (SSSR count). The molecule has 0 unspecified atom stereocenters. The van der Waals surface area contributed by atoms with Gasteiger partial charge >= 0.3 is 0 Å². The van der Waals surface area contributed by atoms with Gasteiger partial charge in [-0.2, -0.15) is 0 Å². The molecule has 3 heteroatoms. The Bertz CT molecular complexity index is 523. The van der Waals surface area contributed by atoms with Crippen molar-refractivity contribution in [2.75, 3.05) is 26.3 Å². The van der Waals surface area contributed by atoms with E-state index in [0.29, 0.717) is 0 Å². The van der Waals surface area contributed by atoms with Crippen molar-refractivity contribution in [2.24, 2.45) is 0 Å². The van der Waals surface area contributed by atoms with Gasteiger partial charge in [0.1, 0.15) is 0 Å². The Balaban J connectivity index is 1.60. The molecule has 0 saturated carbocycles. The number of rotatable bonds is 15. The number of unbranched alkanes of at least 4 members (excludes halogenated alkanes) is 4. The quantitative estimate of drug-likeness (QED) is 0.233. The molecule has 0 fully saturated rings. The number of hydrogen-bond acceptors (Lipinski definition) is 2. The van der Waals surface area contributed by atoms with Gasteiger partial charge in [0.05, 0.1) is 14.7 Å². The van der Waals surface area contributed by atoms with Gasteiger partial charge in [-0.05, 0) is 24.0 Å². The summed E-state index contributed by atoms with van der Waals surface area (Å²) in [6.45, 7) is 12.5. The summed E-state index contributed by atoms with van der Waals surface area (Å²) in [6, 6.07) is 13.4. The van der Waals surface area contributed by atoms with Gasteiger partial charge in [0, 0.05) is 26.2 Å². The standard InChI is InChI=1S/C25H45NOSi/c1-4-6-10-20-28(3,21-11-7-5-2)22-12-18-27-19-17-26-16-15-24-13-8-9-14-25(24)23-26/h8-9,13-14H,4-7,10-12,15-23H2,1-3H3. The number of nitrogens with zero attached hydrogens (tertiary/aromatic N) is 1. The molecule has 1 aliphatic rings. The van der Waals surface area contributed by atoms with E-state index in [1.807, 2.05) is 0 Å². The van der Waals surface area contributed by atoms with Crippen molar-refractivity contribution in [1.82, 2.24) is 4.90 Å². The van der Waals surface area contributed by atoms with Gasteiger partial charge in [-0.3, -0.25) is 4.90 Å². The summed E-state index contributed by atoms with van der Waals surface area (Å²) in [4.78, 5) is 2.55. The molecule has 0 saturated heterocycles. The number of fused-ring (bicyclic) bond motifs is 1. The first-order valence-electron chi connectivity index (χ1n) is 12.0. The van der Waals surface area contributed by atoms with Gasteiger partial charge in [0.2, 0.25) is 0 Å². The predicted molar refractivity (Wildman–Crippen MR) is 126 cm³/mol. The number of benzene rings is 1. The van der Waals surface area contributed by atoms with Crippen LogP contribution in [0, 0.1) is 0 Å². The normalized spacial score (nSPS) is 15.0. The molecule has 28 heavy (non-hydrogen) atoms. The van der Waals surface area contributed by atoms with Crippen molar-refractivity contribution in [1.29, 1.82) is 0 Å². The molecule has 0 aromatic heterocycles. The first kappa shape index (κ1) is 23.6. The Labute approximate surface area is 176 Å². The van der Waals surface area contributed by atoms with Gasteiger partial charge in [-0.25, -0.2) is 0 Å². The van der Waals surface area contributed by atoms with Gasteiger partial charge in [-0.1, -0.05) is 101 Å². The maximum absolute atomic E-state index is 6.05. The second-order valence-corrected chi connectivity index (χ2v) is 14.4. The number of hydrogen-bond donors (Lipinski definition) is 0. The minimum atomic E-state index is -1.05. The van der Waals surface area contributed by atoms with E-state index >= 15 is 0 Å². The Morgan fingerprint density at radius 1 is 0.857 bits per heavy atom. The minimum absolute atomic E-state index is 0.895. The zero-order valence-corrected chi connectivity index (χ0v) is 20.0. The molecular weight excluding hydrogens is 358 g/mol. The molecule has 0 bridgehead atoms. The maximum atomic E-state index is 6.05. The van der Waals surface area contributed by atoms with Crippen LogP contribution in [0.4, 0.5) is 0 Å². The second-order valence-electron chi connectivity index (χ2n) is 9.24. The molecule has 1 heterocycles. The summed E-state index contributed by atoms with van der Waals surface area (Å²) in [5.41, 5.74) is 3.05. The number of ether oxygens (including phenoxy) is 1. The first-order chi connectivity index (χ1) is 13.7. The Morgan fingerprint density at radius 3 is 2.18 bits per heavy atom. The SMILES string of the molecule is CCCCC[Si](C)(CCCCC)CCCOCCN1CCc2ccccc2C1. The third kappa shape index (κ3) is 8.80. The van der Waals surface area contributed by atoms with Crippen LogP contribution in [-0.2, 0) is 17.7 Å². The Morgan fingerprint density at radius 2 is 1.50 bits per heavy atom. The second kappa shape index (κ2) is 13.6. The van der Waals surface area contributed by atoms with E-state index in [1.54, 1.807) is 0 Å². The summed E-state index contributed by atoms with van der Waals surface area (Å²) in [5, 5.41) is 0. The molecule has 1 aromatic carbocycles. The van der Waals surface area contributed by atoms with Crippen LogP contribution in [0.1, 0.15) is 69.9 Å². The fourth-order valence-electron chi connectivity index (χ4n) is 4.62. The molecule has 0 N–H and O–H groups in total. The van der Waals surface area contributed by atoms with E-state index in [1.165, 1.54) is 87.2 Å². The molecule has 0 atom stereocenters.